The Kier molecular flexibility index (Phi) is 4.74. The van der Waals surface area contributed by atoms with Gasteiger partial charge in [0.05, 0.1) is 25.8 Å². The van der Waals surface area contributed by atoms with Crippen molar-refractivity contribution in [2.45, 2.75) is 0 Å². The molecule has 0 fully saturated rings. The normalized spacial score (nSPS) is 10.3. The summed E-state index contributed by atoms with van der Waals surface area (Å²) in [4.78, 5) is 12.1. The summed E-state index contributed by atoms with van der Waals surface area (Å²) in [5, 5.41) is 4.01. The summed E-state index contributed by atoms with van der Waals surface area (Å²) in [7, 11) is 0. The highest BCUT2D eigenvalue weighted by molar-refractivity contribution is 9.10. The third-order valence-corrected chi connectivity index (χ3v) is 4.34. The summed E-state index contributed by atoms with van der Waals surface area (Å²) in [6.45, 7) is 0. The van der Waals surface area contributed by atoms with Crippen molar-refractivity contribution in [1.82, 2.24) is 0 Å². The highest BCUT2D eigenvalue weighted by Gasteiger charge is 2.13. The van der Waals surface area contributed by atoms with Crippen molar-refractivity contribution in [3.05, 3.63) is 61.5 Å². The van der Waals surface area contributed by atoms with Gasteiger partial charge in [0, 0.05) is 5.02 Å². The Morgan fingerprint density at radius 3 is 2.53 bits per heavy atom. The van der Waals surface area contributed by atoms with Gasteiger partial charge in [-0.3, -0.25) is 4.79 Å². The van der Waals surface area contributed by atoms with Crippen LogP contribution in [0.25, 0.3) is 0 Å². The van der Waals surface area contributed by atoms with Crippen molar-refractivity contribution < 1.29 is 4.79 Å². The molecule has 2 rings (SSSR count). The SMILES string of the molecule is O=C(Nc1cccc(Cl)c1Br)c1cc(Cl)ccc1Cl. The van der Waals surface area contributed by atoms with Crippen molar-refractivity contribution in [2.24, 2.45) is 0 Å². The van der Waals surface area contributed by atoms with Crippen LogP contribution in [0.1, 0.15) is 10.4 Å². The Bertz CT molecular complexity index is 646. The monoisotopic (exact) mass is 377 g/mol. The molecule has 0 aliphatic heterocycles. The zero-order valence-electron chi connectivity index (χ0n) is 9.38. The first kappa shape index (κ1) is 14.7. The molecule has 19 heavy (non-hydrogen) atoms. The number of carbonyl (C=O) groups is 1. The van der Waals surface area contributed by atoms with Crippen LogP contribution in [0, 0.1) is 0 Å². The van der Waals surface area contributed by atoms with Gasteiger partial charge >= 0.3 is 0 Å². The van der Waals surface area contributed by atoms with Crippen LogP contribution in [0.3, 0.4) is 0 Å². The van der Waals surface area contributed by atoms with E-state index in [1.165, 1.54) is 6.07 Å². The third-order valence-electron chi connectivity index (χ3n) is 2.37. The Hall–Kier alpha value is -0.740. The Balaban J connectivity index is 2.31. The van der Waals surface area contributed by atoms with Crippen LogP contribution in [-0.2, 0) is 0 Å². The molecular formula is C13H7BrCl3NO. The summed E-state index contributed by atoms with van der Waals surface area (Å²) in [6.07, 6.45) is 0. The van der Waals surface area contributed by atoms with Crippen molar-refractivity contribution in [3.8, 4) is 0 Å². The van der Waals surface area contributed by atoms with Crippen LogP contribution in [0.4, 0.5) is 5.69 Å². The second kappa shape index (κ2) is 6.14. The number of nitrogens with one attached hydrogen (secondary N) is 1. The fourth-order valence-electron chi connectivity index (χ4n) is 1.46. The molecule has 0 bridgehead atoms. The molecule has 2 nitrogen and oxygen atoms in total. The van der Waals surface area contributed by atoms with Gasteiger partial charge in [0.15, 0.2) is 0 Å². The molecular weight excluding hydrogens is 372 g/mol. The molecule has 0 aliphatic rings. The molecule has 0 aliphatic carbocycles. The van der Waals surface area contributed by atoms with E-state index in [1.54, 1.807) is 30.3 Å². The van der Waals surface area contributed by atoms with E-state index in [0.29, 0.717) is 30.8 Å². The number of halogens is 4. The van der Waals surface area contributed by atoms with E-state index in [2.05, 4.69) is 21.2 Å². The molecule has 2 aromatic rings. The van der Waals surface area contributed by atoms with Crippen LogP contribution in [0.2, 0.25) is 15.1 Å². The number of hydrogen-bond acceptors (Lipinski definition) is 1. The minimum absolute atomic E-state index is 0.307. The van der Waals surface area contributed by atoms with E-state index in [9.17, 15) is 4.79 Å². The van der Waals surface area contributed by atoms with Crippen LogP contribution >= 0.6 is 50.7 Å². The smallest absolute Gasteiger partial charge is 0.257 e. The summed E-state index contributed by atoms with van der Waals surface area (Å²) < 4.78 is 0.614. The summed E-state index contributed by atoms with van der Waals surface area (Å²) in [5.41, 5.74) is 0.870. The van der Waals surface area contributed by atoms with Crippen LogP contribution in [0.5, 0.6) is 0 Å². The fraction of sp³-hybridized carbons (Fsp3) is 0. The highest BCUT2D eigenvalue weighted by atomic mass is 79.9. The van der Waals surface area contributed by atoms with Gasteiger partial charge < -0.3 is 5.32 Å². The predicted octanol–water partition coefficient (Wildman–Crippen LogP) is 5.66. The standard InChI is InChI=1S/C13H7BrCl3NO/c14-12-10(17)2-1-3-11(12)18-13(19)8-6-7(15)4-5-9(8)16/h1-6H,(H,18,19). The maximum absolute atomic E-state index is 12.1. The van der Waals surface area contributed by atoms with Gasteiger partial charge in [-0.25, -0.2) is 0 Å². The molecule has 6 heteroatoms. The van der Waals surface area contributed by atoms with Crippen molar-refractivity contribution in [2.75, 3.05) is 5.32 Å². The first-order chi connectivity index (χ1) is 8.99. The second-order valence-corrected chi connectivity index (χ2v) is 5.72. The van der Waals surface area contributed by atoms with Crippen molar-refractivity contribution in [3.63, 3.8) is 0 Å². The quantitative estimate of drug-likeness (QED) is 0.716. The fourth-order valence-corrected chi connectivity index (χ4v) is 2.37. The number of hydrogen-bond donors (Lipinski definition) is 1. The molecule has 0 spiro atoms. The molecule has 1 amide bonds. The van der Waals surface area contributed by atoms with Gasteiger partial charge in [-0.05, 0) is 46.3 Å². The van der Waals surface area contributed by atoms with E-state index in [1.807, 2.05) is 0 Å². The van der Waals surface area contributed by atoms with Gasteiger partial charge in [-0.2, -0.15) is 0 Å². The zero-order chi connectivity index (χ0) is 14.0. The average molecular weight is 379 g/mol. The predicted molar refractivity (Wildman–Crippen MR) is 83.6 cm³/mol. The lowest BCUT2D eigenvalue weighted by atomic mass is 10.2. The summed E-state index contributed by atoms with van der Waals surface area (Å²) in [5.74, 6) is -0.351. The molecule has 2 aromatic carbocycles. The van der Waals surface area contributed by atoms with E-state index >= 15 is 0 Å². The van der Waals surface area contributed by atoms with Crippen LogP contribution in [0.15, 0.2) is 40.9 Å². The van der Waals surface area contributed by atoms with E-state index in [-0.39, 0.29) is 5.91 Å². The number of anilines is 1. The maximum atomic E-state index is 12.1. The second-order valence-electron chi connectivity index (χ2n) is 3.68. The lowest BCUT2D eigenvalue weighted by molar-refractivity contribution is 0.102. The maximum Gasteiger partial charge on any atom is 0.257 e. The summed E-state index contributed by atoms with van der Waals surface area (Å²) >= 11 is 21.1. The minimum Gasteiger partial charge on any atom is -0.321 e. The summed E-state index contributed by atoms with van der Waals surface area (Å²) in [6, 6.07) is 9.89. The number of amides is 1. The topological polar surface area (TPSA) is 29.1 Å². The van der Waals surface area contributed by atoms with Crippen LogP contribution < -0.4 is 5.32 Å². The van der Waals surface area contributed by atoms with Crippen LogP contribution in [-0.4, -0.2) is 5.91 Å². The van der Waals surface area contributed by atoms with Gasteiger partial charge in [-0.15, -0.1) is 0 Å². The van der Waals surface area contributed by atoms with Gasteiger partial charge in [0.2, 0.25) is 0 Å². The molecule has 0 saturated carbocycles. The molecule has 0 saturated heterocycles. The third kappa shape index (κ3) is 3.42. The number of benzene rings is 2. The molecule has 0 aromatic heterocycles. The molecule has 0 atom stereocenters. The Labute approximate surface area is 133 Å². The molecule has 0 unspecified atom stereocenters. The Morgan fingerprint density at radius 2 is 1.79 bits per heavy atom. The molecule has 0 radical (unpaired) electrons. The van der Waals surface area contributed by atoms with Gasteiger partial charge in [0.25, 0.3) is 5.91 Å². The van der Waals surface area contributed by atoms with E-state index in [4.69, 9.17) is 34.8 Å². The lowest BCUT2D eigenvalue weighted by Crippen LogP contribution is -2.12. The average Bonchev–Trinajstić information content (AvgIpc) is 2.38. The van der Waals surface area contributed by atoms with E-state index < -0.39 is 0 Å². The van der Waals surface area contributed by atoms with E-state index in [0.717, 1.165) is 0 Å². The zero-order valence-corrected chi connectivity index (χ0v) is 13.2. The molecule has 0 heterocycles. The highest BCUT2D eigenvalue weighted by Crippen LogP contribution is 2.31. The molecule has 1 N–H and O–H groups in total. The van der Waals surface area contributed by atoms with Crippen molar-refractivity contribution >= 4 is 62.3 Å². The van der Waals surface area contributed by atoms with Gasteiger partial charge in [0.1, 0.15) is 0 Å². The minimum atomic E-state index is -0.351. The lowest BCUT2D eigenvalue weighted by Gasteiger charge is -2.09. The first-order valence-electron chi connectivity index (χ1n) is 5.19. The molecule has 98 valence electrons. The Morgan fingerprint density at radius 1 is 1.05 bits per heavy atom. The van der Waals surface area contributed by atoms with Gasteiger partial charge in [-0.1, -0.05) is 40.9 Å². The van der Waals surface area contributed by atoms with Crippen molar-refractivity contribution in [1.29, 1.82) is 0 Å². The first-order valence-corrected chi connectivity index (χ1v) is 7.12. The largest absolute Gasteiger partial charge is 0.321 e. The number of rotatable bonds is 2. The number of carbonyl (C=O) groups excluding carboxylic acids is 1.